The second-order valence-electron chi connectivity index (χ2n) is 7.41. The second kappa shape index (κ2) is 10.4. The zero-order valence-corrected chi connectivity index (χ0v) is 19.3. The number of nitrogens with zero attached hydrogens (tertiary/aromatic N) is 1. The molecule has 0 radical (unpaired) electrons. The van der Waals surface area contributed by atoms with E-state index in [-0.39, 0.29) is 16.7 Å². The summed E-state index contributed by atoms with van der Waals surface area (Å²) in [5, 5.41) is 2.69. The quantitative estimate of drug-likeness (QED) is 0.497. The lowest BCUT2D eigenvalue weighted by Crippen LogP contribution is -2.38. The molecule has 0 aliphatic carbocycles. The van der Waals surface area contributed by atoms with Gasteiger partial charge in [0.15, 0.2) is 0 Å². The Hall–Kier alpha value is -3.59. The highest BCUT2D eigenvalue weighted by atomic mass is 32.2. The Morgan fingerprint density at radius 1 is 1.00 bits per heavy atom. The lowest BCUT2D eigenvalue weighted by molar-refractivity contribution is -0.114. The van der Waals surface area contributed by atoms with E-state index < -0.39 is 28.3 Å². The molecular formula is C24H25FN2O5S. The summed E-state index contributed by atoms with van der Waals surface area (Å²) in [6.45, 7) is 3.25. The summed E-state index contributed by atoms with van der Waals surface area (Å²) in [6, 6.07) is 17.5. The third-order valence-corrected chi connectivity index (χ3v) is 6.33. The number of hydrogen-bond donors (Lipinski definition) is 1. The molecule has 0 aliphatic rings. The molecule has 0 spiro atoms. The number of anilines is 2. The van der Waals surface area contributed by atoms with Crippen LogP contribution in [-0.4, -0.2) is 34.1 Å². The highest BCUT2D eigenvalue weighted by molar-refractivity contribution is 7.92. The van der Waals surface area contributed by atoms with Gasteiger partial charge in [0.2, 0.25) is 5.91 Å². The van der Waals surface area contributed by atoms with Gasteiger partial charge in [-0.05, 0) is 74.5 Å². The second-order valence-corrected chi connectivity index (χ2v) is 9.27. The van der Waals surface area contributed by atoms with Gasteiger partial charge < -0.3 is 14.8 Å². The highest BCUT2D eigenvalue weighted by Crippen LogP contribution is 2.26. The Kier molecular flexibility index (Phi) is 7.55. The third-order valence-electron chi connectivity index (χ3n) is 4.54. The molecule has 0 saturated heterocycles. The summed E-state index contributed by atoms with van der Waals surface area (Å²) in [5.74, 6) is -0.0300. The van der Waals surface area contributed by atoms with Crippen molar-refractivity contribution < 1.29 is 27.1 Å². The number of methoxy groups -OCH3 is 1. The predicted octanol–water partition coefficient (Wildman–Crippen LogP) is 4.46. The summed E-state index contributed by atoms with van der Waals surface area (Å²) < 4.78 is 51.8. The normalized spacial score (nSPS) is 11.2. The summed E-state index contributed by atoms with van der Waals surface area (Å²) in [5.41, 5.74) is 0.610. The molecule has 1 amide bonds. The van der Waals surface area contributed by atoms with Crippen LogP contribution in [0.3, 0.4) is 0 Å². The minimum Gasteiger partial charge on any atom is -0.497 e. The SMILES string of the molecule is COc1ccc(S(=O)(=O)N(CC(=O)Nc2cccc(OC(C)C)c2)c2ccc(F)cc2)cc1. The number of halogens is 1. The van der Waals surface area contributed by atoms with E-state index in [2.05, 4.69) is 5.32 Å². The molecule has 3 rings (SSSR count). The Balaban J connectivity index is 1.88. The van der Waals surface area contributed by atoms with E-state index in [1.54, 1.807) is 24.3 Å². The number of nitrogens with one attached hydrogen (secondary N) is 1. The number of carbonyl (C=O) groups excluding carboxylic acids is 1. The van der Waals surface area contributed by atoms with Gasteiger partial charge in [0.1, 0.15) is 23.9 Å². The largest absolute Gasteiger partial charge is 0.497 e. The monoisotopic (exact) mass is 472 g/mol. The van der Waals surface area contributed by atoms with Gasteiger partial charge >= 0.3 is 0 Å². The first-order valence-electron chi connectivity index (χ1n) is 10.2. The maximum Gasteiger partial charge on any atom is 0.264 e. The van der Waals surface area contributed by atoms with Crippen molar-refractivity contribution in [1.29, 1.82) is 0 Å². The number of ether oxygens (including phenoxy) is 2. The predicted molar refractivity (Wildman–Crippen MR) is 125 cm³/mol. The zero-order chi connectivity index (χ0) is 24.0. The fraction of sp³-hybridized carbons (Fsp3) is 0.208. The summed E-state index contributed by atoms with van der Waals surface area (Å²) in [4.78, 5) is 12.8. The lowest BCUT2D eigenvalue weighted by Gasteiger charge is -2.24. The molecular weight excluding hydrogens is 447 g/mol. The molecule has 0 aromatic heterocycles. The van der Waals surface area contributed by atoms with Gasteiger partial charge in [0.25, 0.3) is 10.0 Å². The van der Waals surface area contributed by atoms with E-state index in [0.29, 0.717) is 17.2 Å². The minimum absolute atomic E-state index is 0.0345. The third kappa shape index (κ3) is 6.23. The van der Waals surface area contributed by atoms with Gasteiger partial charge in [-0.15, -0.1) is 0 Å². The van der Waals surface area contributed by atoms with Crippen LogP contribution in [0, 0.1) is 5.82 Å². The van der Waals surface area contributed by atoms with Crippen molar-refractivity contribution in [2.24, 2.45) is 0 Å². The molecule has 33 heavy (non-hydrogen) atoms. The van der Waals surface area contributed by atoms with Crippen molar-refractivity contribution in [2.45, 2.75) is 24.8 Å². The first-order valence-corrected chi connectivity index (χ1v) is 11.6. The van der Waals surface area contributed by atoms with E-state index in [9.17, 15) is 17.6 Å². The number of amides is 1. The highest BCUT2D eigenvalue weighted by Gasteiger charge is 2.27. The molecule has 0 atom stereocenters. The average Bonchev–Trinajstić information content (AvgIpc) is 2.78. The molecule has 3 aromatic carbocycles. The molecule has 0 aliphatic heterocycles. The van der Waals surface area contributed by atoms with Crippen LogP contribution >= 0.6 is 0 Å². The van der Waals surface area contributed by atoms with Crippen molar-refractivity contribution in [2.75, 3.05) is 23.3 Å². The molecule has 0 unspecified atom stereocenters. The molecule has 7 nitrogen and oxygen atoms in total. The molecule has 0 heterocycles. The van der Waals surface area contributed by atoms with E-state index in [1.165, 1.54) is 43.5 Å². The van der Waals surface area contributed by atoms with Crippen LogP contribution in [-0.2, 0) is 14.8 Å². The van der Waals surface area contributed by atoms with Crippen molar-refractivity contribution in [3.63, 3.8) is 0 Å². The van der Waals surface area contributed by atoms with Gasteiger partial charge in [-0.25, -0.2) is 12.8 Å². The number of rotatable bonds is 9. The van der Waals surface area contributed by atoms with Crippen molar-refractivity contribution >= 4 is 27.3 Å². The Morgan fingerprint density at radius 3 is 2.27 bits per heavy atom. The van der Waals surface area contributed by atoms with Crippen molar-refractivity contribution in [3.8, 4) is 11.5 Å². The maximum absolute atomic E-state index is 13.5. The van der Waals surface area contributed by atoms with Crippen LogP contribution in [0.25, 0.3) is 0 Å². The number of benzene rings is 3. The first kappa shape index (κ1) is 24.1. The average molecular weight is 473 g/mol. The van der Waals surface area contributed by atoms with Gasteiger partial charge in [-0.2, -0.15) is 0 Å². The topological polar surface area (TPSA) is 84.9 Å². The van der Waals surface area contributed by atoms with E-state index in [0.717, 1.165) is 16.4 Å². The number of sulfonamides is 1. The standard InChI is InChI=1S/C24H25FN2O5S/c1-17(2)32-22-6-4-5-19(15-22)26-24(28)16-27(20-9-7-18(25)8-10-20)33(29,30)23-13-11-21(31-3)12-14-23/h4-15,17H,16H2,1-3H3,(H,26,28). The first-order chi connectivity index (χ1) is 15.7. The molecule has 3 aromatic rings. The molecule has 0 bridgehead atoms. The fourth-order valence-corrected chi connectivity index (χ4v) is 4.47. The molecule has 174 valence electrons. The van der Waals surface area contributed by atoms with Crippen molar-refractivity contribution in [1.82, 2.24) is 0 Å². The van der Waals surface area contributed by atoms with Gasteiger partial charge in [0.05, 0.1) is 23.8 Å². The van der Waals surface area contributed by atoms with Crippen molar-refractivity contribution in [3.05, 3.63) is 78.6 Å². The Morgan fingerprint density at radius 2 is 1.67 bits per heavy atom. The Bertz CT molecular complexity index is 1200. The molecule has 1 N–H and O–H groups in total. The summed E-state index contributed by atoms with van der Waals surface area (Å²) in [6.07, 6.45) is -0.0421. The molecule has 0 fully saturated rings. The van der Waals surface area contributed by atoms with E-state index >= 15 is 0 Å². The summed E-state index contributed by atoms with van der Waals surface area (Å²) >= 11 is 0. The summed E-state index contributed by atoms with van der Waals surface area (Å²) in [7, 11) is -2.66. The van der Waals surface area contributed by atoms with Crippen LogP contribution in [0.15, 0.2) is 77.7 Å². The maximum atomic E-state index is 13.5. The van der Waals surface area contributed by atoms with Crippen LogP contribution in [0.1, 0.15) is 13.8 Å². The van der Waals surface area contributed by atoms with Crippen LogP contribution in [0.2, 0.25) is 0 Å². The van der Waals surface area contributed by atoms with E-state index in [4.69, 9.17) is 9.47 Å². The van der Waals surface area contributed by atoms with Crippen LogP contribution in [0.4, 0.5) is 15.8 Å². The van der Waals surface area contributed by atoms with E-state index in [1.807, 2.05) is 13.8 Å². The van der Waals surface area contributed by atoms with Crippen LogP contribution < -0.4 is 19.1 Å². The lowest BCUT2D eigenvalue weighted by atomic mass is 10.3. The fourth-order valence-electron chi connectivity index (χ4n) is 3.05. The zero-order valence-electron chi connectivity index (χ0n) is 18.5. The smallest absolute Gasteiger partial charge is 0.264 e. The van der Waals surface area contributed by atoms with Gasteiger partial charge in [-0.3, -0.25) is 9.10 Å². The van der Waals surface area contributed by atoms with Gasteiger partial charge in [0, 0.05) is 11.8 Å². The molecule has 9 heteroatoms. The number of carbonyl (C=O) groups is 1. The Labute approximate surface area is 192 Å². The van der Waals surface area contributed by atoms with Crippen LogP contribution in [0.5, 0.6) is 11.5 Å². The molecule has 0 saturated carbocycles. The number of hydrogen-bond acceptors (Lipinski definition) is 5. The minimum atomic E-state index is -4.13. The van der Waals surface area contributed by atoms with Gasteiger partial charge in [-0.1, -0.05) is 6.07 Å².